The van der Waals surface area contributed by atoms with Crippen molar-refractivity contribution in [3.05, 3.63) is 41.2 Å². The second-order valence-electron chi connectivity index (χ2n) is 3.60. The van der Waals surface area contributed by atoms with Crippen molar-refractivity contribution in [3.8, 4) is 0 Å². The number of rotatable bonds is 3. The third-order valence-electron chi connectivity index (χ3n) is 2.40. The minimum atomic E-state index is 0.676. The summed E-state index contributed by atoms with van der Waals surface area (Å²) in [6.45, 7) is 1.99. The molecule has 0 saturated carbocycles. The first kappa shape index (κ1) is 11.7. The van der Waals surface area contributed by atoms with Crippen LogP contribution in [0.3, 0.4) is 0 Å². The summed E-state index contributed by atoms with van der Waals surface area (Å²) in [5.74, 6) is 1.47. The predicted molar refractivity (Wildman–Crippen MR) is 71.1 cm³/mol. The fraction of sp³-hybridized carbons (Fsp3) is 0.167. The van der Waals surface area contributed by atoms with E-state index in [1.54, 1.807) is 0 Å². The number of hydrogen-bond donors (Lipinski definition) is 2. The fourth-order valence-electron chi connectivity index (χ4n) is 1.48. The first-order valence-electron chi connectivity index (χ1n) is 5.22. The lowest BCUT2D eigenvalue weighted by molar-refractivity contribution is 1.16. The van der Waals surface area contributed by atoms with E-state index in [1.165, 1.54) is 6.33 Å². The highest BCUT2D eigenvalue weighted by atomic mass is 35.5. The van der Waals surface area contributed by atoms with Crippen molar-refractivity contribution in [2.75, 3.05) is 17.7 Å². The molecule has 0 saturated heterocycles. The van der Waals surface area contributed by atoms with E-state index in [9.17, 15) is 0 Å². The highest BCUT2D eigenvalue weighted by Gasteiger charge is 2.05. The zero-order valence-electron chi connectivity index (χ0n) is 9.66. The van der Waals surface area contributed by atoms with Gasteiger partial charge in [-0.25, -0.2) is 9.97 Å². The maximum Gasteiger partial charge on any atom is 0.135 e. The Hall–Kier alpha value is -1.81. The second kappa shape index (κ2) is 5.01. The number of para-hydroxylation sites is 1. The molecule has 0 unspecified atom stereocenters. The first-order valence-corrected chi connectivity index (χ1v) is 5.60. The standard InChI is InChI=1S/C12H13ClN4/c1-8-4-3-5-9(13)12(8)17-11-6-10(14-2)15-7-16-11/h3-7H,1-2H3,(H2,14,15,16,17). The maximum absolute atomic E-state index is 6.13. The maximum atomic E-state index is 6.13. The van der Waals surface area contributed by atoms with Crippen LogP contribution in [-0.2, 0) is 0 Å². The Morgan fingerprint density at radius 1 is 1.18 bits per heavy atom. The molecule has 2 N–H and O–H groups in total. The lowest BCUT2D eigenvalue weighted by Gasteiger charge is -2.11. The van der Waals surface area contributed by atoms with Crippen LogP contribution in [-0.4, -0.2) is 17.0 Å². The van der Waals surface area contributed by atoms with Crippen molar-refractivity contribution in [1.82, 2.24) is 9.97 Å². The number of halogens is 1. The van der Waals surface area contributed by atoms with Gasteiger partial charge in [0.2, 0.25) is 0 Å². The van der Waals surface area contributed by atoms with Crippen LogP contribution in [0, 0.1) is 6.92 Å². The first-order chi connectivity index (χ1) is 8.20. The summed E-state index contributed by atoms with van der Waals surface area (Å²) in [6, 6.07) is 7.58. The number of hydrogen-bond acceptors (Lipinski definition) is 4. The average molecular weight is 249 g/mol. The molecule has 17 heavy (non-hydrogen) atoms. The van der Waals surface area contributed by atoms with Crippen LogP contribution in [0.15, 0.2) is 30.6 Å². The number of aryl methyl sites for hydroxylation is 1. The lowest BCUT2D eigenvalue weighted by atomic mass is 10.2. The van der Waals surface area contributed by atoms with Crippen LogP contribution in [0.1, 0.15) is 5.56 Å². The number of nitrogens with one attached hydrogen (secondary N) is 2. The molecule has 0 radical (unpaired) electrons. The van der Waals surface area contributed by atoms with E-state index < -0.39 is 0 Å². The molecule has 0 aliphatic carbocycles. The molecule has 0 amide bonds. The van der Waals surface area contributed by atoms with Crippen molar-refractivity contribution in [3.63, 3.8) is 0 Å². The van der Waals surface area contributed by atoms with Crippen LogP contribution < -0.4 is 10.6 Å². The van der Waals surface area contributed by atoms with Gasteiger partial charge in [0, 0.05) is 13.1 Å². The molecule has 2 aromatic rings. The zero-order chi connectivity index (χ0) is 12.3. The van der Waals surface area contributed by atoms with Crippen molar-refractivity contribution in [2.24, 2.45) is 0 Å². The Bertz CT molecular complexity index is 507. The minimum Gasteiger partial charge on any atom is -0.373 e. The van der Waals surface area contributed by atoms with E-state index in [-0.39, 0.29) is 0 Å². The Morgan fingerprint density at radius 2 is 1.94 bits per heavy atom. The number of nitrogens with zero attached hydrogens (tertiary/aromatic N) is 2. The van der Waals surface area contributed by atoms with E-state index in [0.717, 1.165) is 17.1 Å². The van der Waals surface area contributed by atoms with Crippen LogP contribution in [0.2, 0.25) is 5.02 Å². The van der Waals surface area contributed by atoms with Gasteiger partial charge in [-0.3, -0.25) is 0 Å². The van der Waals surface area contributed by atoms with E-state index in [4.69, 9.17) is 11.6 Å². The third kappa shape index (κ3) is 2.65. The average Bonchev–Trinajstić information content (AvgIpc) is 2.34. The van der Waals surface area contributed by atoms with E-state index in [1.807, 2.05) is 38.2 Å². The Balaban J connectivity index is 2.31. The lowest BCUT2D eigenvalue weighted by Crippen LogP contribution is -1.99. The Kier molecular flexibility index (Phi) is 3.44. The van der Waals surface area contributed by atoms with Gasteiger partial charge in [0.25, 0.3) is 0 Å². The van der Waals surface area contributed by atoms with Gasteiger partial charge in [-0.15, -0.1) is 0 Å². The topological polar surface area (TPSA) is 49.8 Å². The van der Waals surface area contributed by atoms with Crippen LogP contribution in [0.4, 0.5) is 17.3 Å². The molecule has 1 aromatic carbocycles. The van der Waals surface area contributed by atoms with Gasteiger partial charge in [0.05, 0.1) is 10.7 Å². The Morgan fingerprint density at radius 3 is 2.65 bits per heavy atom. The molecule has 0 aliphatic heterocycles. The third-order valence-corrected chi connectivity index (χ3v) is 2.71. The molecule has 0 fully saturated rings. The van der Waals surface area contributed by atoms with Crippen molar-refractivity contribution >= 4 is 28.9 Å². The van der Waals surface area contributed by atoms with E-state index >= 15 is 0 Å². The summed E-state index contributed by atoms with van der Waals surface area (Å²) in [5, 5.41) is 6.83. The predicted octanol–water partition coefficient (Wildman–Crippen LogP) is 3.22. The fourth-order valence-corrected chi connectivity index (χ4v) is 1.75. The molecule has 0 bridgehead atoms. The molecule has 4 nitrogen and oxygen atoms in total. The summed E-state index contributed by atoms with van der Waals surface area (Å²) in [4.78, 5) is 8.19. The van der Waals surface area contributed by atoms with Gasteiger partial charge in [0.15, 0.2) is 0 Å². The zero-order valence-corrected chi connectivity index (χ0v) is 10.4. The number of anilines is 3. The van der Waals surface area contributed by atoms with Crippen LogP contribution in [0.5, 0.6) is 0 Å². The second-order valence-corrected chi connectivity index (χ2v) is 4.00. The number of aromatic nitrogens is 2. The van der Waals surface area contributed by atoms with E-state index in [2.05, 4.69) is 20.6 Å². The van der Waals surface area contributed by atoms with Gasteiger partial charge in [0.1, 0.15) is 18.0 Å². The highest BCUT2D eigenvalue weighted by molar-refractivity contribution is 6.33. The summed E-state index contributed by atoms with van der Waals surface area (Å²) >= 11 is 6.13. The summed E-state index contributed by atoms with van der Waals surface area (Å²) in [6.07, 6.45) is 1.50. The normalized spacial score (nSPS) is 10.1. The van der Waals surface area contributed by atoms with E-state index in [0.29, 0.717) is 10.8 Å². The van der Waals surface area contributed by atoms with Crippen molar-refractivity contribution in [2.45, 2.75) is 6.92 Å². The van der Waals surface area contributed by atoms with Gasteiger partial charge < -0.3 is 10.6 Å². The largest absolute Gasteiger partial charge is 0.373 e. The van der Waals surface area contributed by atoms with Gasteiger partial charge in [-0.1, -0.05) is 23.7 Å². The molecule has 2 rings (SSSR count). The molecule has 0 spiro atoms. The molecule has 5 heteroatoms. The summed E-state index contributed by atoms with van der Waals surface area (Å²) in [7, 11) is 1.81. The van der Waals surface area contributed by atoms with Crippen LogP contribution >= 0.6 is 11.6 Å². The molecule has 0 aliphatic rings. The van der Waals surface area contributed by atoms with Crippen molar-refractivity contribution in [1.29, 1.82) is 0 Å². The monoisotopic (exact) mass is 248 g/mol. The molecular formula is C12H13ClN4. The van der Waals surface area contributed by atoms with Gasteiger partial charge in [-0.2, -0.15) is 0 Å². The quantitative estimate of drug-likeness (QED) is 0.876. The molecule has 1 heterocycles. The highest BCUT2D eigenvalue weighted by Crippen LogP contribution is 2.28. The summed E-state index contributed by atoms with van der Waals surface area (Å²) < 4.78 is 0. The van der Waals surface area contributed by atoms with Gasteiger partial charge in [-0.05, 0) is 18.6 Å². The Labute approximate surface area is 105 Å². The molecule has 88 valence electrons. The van der Waals surface area contributed by atoms with Crippen LogP contribution in [0.25, 0.3) is 0 Å². The minimum absolute atomic E-state index is 0.676. The molecule has 1 aromatic heterocycles. The number of benzene rings is 1. The van der Waals surface area contributed by atoms with Gasteiger partial charge >= 0.3 is 0 Å². The smallest absolute Gasteiger partial charge is 0.135 e. The molecule has 0 atom stereocenters. The summed E-state index contributed by atoms with van der Waals surface area (Å²) in [5.41, 5.74) is 1.94. The SMILES string of the molecule is CNc1cc(Nc2c(C)cccc2Cl)ncn1. The van der Waals surface area contributed by atoms with Crippen molar-refractivity contribution < 1.29 is 0 Å². The molecular weight excluding hydrogens is 236 g/mol.